The van der Waals surface area contributed by atoms with Gasteiger partial charge in [-0.25, -0.2) is 4.79 Å². The molecule has 5 atom stereocenters. The van der Waals surface area contributed by atoms with E-state index < -0.39 is 24.1 Å². The Hall–Kier alpha value is -1.75. The first-order valence-electron chi connectivity index (χ1n) is 11.7. The molecule has 1 saturated heterocycles. The van der Waals surface area contributed by atoms with Crippen molar-refractivity contribution in [2.24, 2.45) is 17.4 Å². The van der Waals surface area contributed by atoms with E-state index in [-0.39, 0.29) is 23.8 Å². The van der Waals surface area contributed by atoms with Crippen LogP contribution < -0.4 is 16.8 Å². The summed E-state index contributed by atoms with van der Waals surface area (Å²) in [7, 11) is 1.31. The summed E-state index contributed by atoms with van der Waals surface area (Å²) in [5, 5.41) is 2.83. The van der Waals surface area contributed by atoms with Crippen molar-refractivity contribution in [1.82, 2.24) is 10.2 Å². The Morgan fingerprint density at radius 2 is 1.97 bits per heavy atom. The third-order valence-corrected chi connectivity index (χ3v) is 9.23. The van der Waals surface area contributed by atoms with E-state index in [0.29, 0.717) is 29.7 Å². The molecule has 0 aromatic heterocycles. The van der Waals surface area contributed by atoms with Crippen LogP contribution in [0, 0.1) is 5.92 Å². The van der Waals surface area contributed by atoms with Gasteiger partial charge < -0.3 is 26.4 Å². The lowest BCUT2D eigenvalue weighted by Gasteiger charge is -2.38. The number of amides is 2. The van der Waals surface area contributed by atoms with Gasteiger partial charge in [-0.3, -0.25) is 9.59 Å². The molecule has 188 valence electrons. The Balaban J connectivity index is 1.74. The number of hydrogen-bond acceptors (Lipinski definition) is 8. The van der Waals surface area contributed by atoms with Gasteiger partial charge in [0.15, 0.2) is 0 Å². The molecule has 5 N–H and O–H groups in total. The largest absolute Gasteiger partial charge is 0.467 e. The second-order valence-electron chi connectivity index (χ2n) is 9.37. The Morgan fingerprint density at radius 3 is 2.59 bits per heavy atom. The lowest BCUT2D eigenvalue weighted by molar-refractivity contribution is -0.148. The molecule has 1 aromatic carbocycles. The zero-order valence-electron chi connectivity index (χ0n) is 20.1. The van der Waals surface area contributed by atoms with Crippen LogP contribution in [0.1, 0.15) is 37.8 Å². The number of fused-ring (bicyclic) bond motifs is 1. The number of carbonyl (C=O) groups excluding carboxylic acids is 3. The Bertz CT molecular complexity index is 884. The molecule has 1 aromatic rings. The van der Waals surface area contributed by atoms with Gasteiger partial charge in [-0.2, -0.15) is 0 Å². The van der Waals surface area contributed by atoms with Crippen LogP contribution in [-0.2, 0) is 32.1 Å². The molecule has 2 amide bonds. The SMILES string of the molecule is COC(=O)[C@H](CC(C)C)NC(=O)[C@@H]1Cc2ccccc2CN1C(=O)[C@@H](N)CSC1CC(N)CS1. The molecule has 0 bridgehead atoms. The first-order valence-corrected chi connectivity index (χ1v) is 13.8. The molecule has 0 saturated carbocycles. The molecule has 10 heteroatoms. The molecule has 0 radical (unpaired) electrons. The van der Waals surface area contributed by atoms with Crippen LogP contribution in [-0.4, -0.2) is 70.0 Å². The van der Waals surface area contributed by atoms with Crippen LogP contribution in [0.2, 0.25) is 0 Å². The summed E-state index contributed by atoms with van der Waals surface area (Å²) in [6, 6.07) is 5.74. The molecule has 0 spiro atoms. The summed E-state index contributed by atoms with van der Waals surface area (Å²) in [5.74, 6) is 0.458. The predicted octanol–water partition coefficient (Wildman–Crippen LogP) is 1.49. The van der Waals surface area contributed by atoms with E-state index in [1.165, 1.54) is 7.11 Å². The van der Waals surface area contributed by atoms with E-state index >= 15 is 0 Å². The fourth-order valence-corrected chi connectivity index (χ4v) is 7.10. The maximum atomic E-state index is 13.4. The number of methoxy groups -OCH3 is 1. The molecule has 2 heterocycles. The number of nitrogens with one attached hydrogen (secondary N) is 1. The van der Waals surface area contributed by atoms with Crippen LogP contribution in [0.25, 0.3) is 0 Å². The van der Waals surface area contributed by atoms with Crippen LogP contribution in [0.15, 0.2) is 24.3 Å². The monoisotopic (exact) mass is 508 g/mol. The zero-order chi connectivity index (χ0) is 24.8. The number of thioether (sulfide) groups is 2. The molecular weight excluding hydrogens is 472 g/mol. The molecule has 1 fully saturated rings. The summed E-state index contributed by atoms with van der Waals surface area (Å²) in [6.07, 6.45) is 1.73. The normalized spacial score (nSPS) is 23.8. The van der Waals surface area contributed by atoms with Gasteiger partial charge >= 0.3 is 5.97 Å². The summed E-state index contributed by atoms with van der Waals surface area (Å²) >= 11 is 3.46. The van der Waals surface area contributed by atoms with Crippen molar-refractivity contribution >= 4 is 41.3 Å². The van der Waals surface area contributed by atoms with E-state index in [9.17, 15) is 14.4 Å². The second-order valence-corrected chi connectivity index (χ2v) is 12.1. The number of rotatable bonds is 9. The number of hydrogen-bond donors (Lipinski definition) is 3. The molecule has 3 rings (SSSR count). The van der Waals surface area contributed by atoms with Crippen molar-refractivity contribution in [2.45, 2.75) is 68.4 Å². The minimum Gasteiger partial charge on any atom is -0.467 e. The van der Waals surface area contributed by atoms with Crippen molar-refractivity contribution in [2.75, 3.05) is 18.6 Å². The van der Waals surface area contributed by atoms with Crippen molar-refractivity contribution in [3.63, 3.8) is 0 Å². The van der Waals surface area contributed by atoms with Gasteiger partial charge in [0.1, 0.15) is 12.1 Å². The predicted molar refractivity (Wildman–Crippen MR) is 137 cm³/mol. The van der Waals surface area contributed by atoms with Crippen molar-refractivity contribution in [3.8, 4) is 0 Å². The Labute approximate surface area is 210 Å². The second kappa shape index (κ2) is 12.3. The molecule has 8 nitrogen and oxygen atoms in total. The van der Waals surface area contributed by atoms with E-state index in [4.69, 9.17) is 16.2 Å². The number of ether oxygens (including phenoxy) is 1. The third kappa shape index (κ3) is 6.90. The van der Waals surface area contributed by atoms with Crippen molar-refractivity contribution in [1.29, 1.82) is 0 Å². The lowest BCUT2D eigenvalue weighted by Crippen LogP contribution is -2.58. The number of carbonyl (C=O) groups is 3. The molecule has 0 aliphatic carbocycles. The number of benzene rings is 1. The topological polar surface area (TPSA) is 128 Å². The first-order chi connectivity index (χ1) is 16.2. The van der Waals surface area contributed by atoms with Gasteiger partial charge in [-0.1, -0.05) is 38.1 Å². The third-order valence-electron chi connectivity index (χ3n) is 6.11. The average molecular weight is 509 g/mol. The maximum absolute atomic E-state index is 13.4. The minimum absolute atomic E-state index is 0.182. The van der Waals surface area contributed by atoms with Crippen molar-refractivity contribution in [3.05, 3.63) is 35.4 Å². The fraction of sp³-hybridized carbons (Fsp3) is 0.625. The van der Waals surface area contributed by atoms with E-state index in [1.54, 1.807) is 28.4 Å². The van der Waals surface area contributed by atoms with Gasteiger partial charge in [0, 0.05) is 30.5 Å². The summed E-state index contributed by atoms with van der Waals surface area (Å²) in [6.45, 7) is 4.25. The van der Waals surface area contributed by atoms with Crippen LogP contribution >= 0.6 is 23.5 Å². The Morgan fingerprint density at radius 1 is 1.26 bits per heavy atom. The van der Waals surface area contributed by atoms with Crippen molar-refractivity contribution < 1.29 is 19.1 Å². The molecule has 2 aliphatic rings. The highest BCUT2D eigenvalue weighted by atomic mass is 32.2. The zero-order valence-corrected chi connectivity index (χ0v) is 21.7. The number of nitrogens with zero attached hydrogens (tertiary/aromatic N) is 1. The first kappa shape index (κ1) is 26.8. The van der Waals surface area contributed by atoms with Crippen LogP contribution in [0.5, 0.6) is 0 Å². The Kier molecular flexibility index (Phi) is 9.70. The molecule has 2 unspecified atom stereocenters. The molecule has 34 heavy (non-hydrogen) atoms. The highest BCUT2D eigenvalue weighted by molar-refractivity contribution is 8.17. The molecule has 2 aliphatic heterocycles. The average Bonchev–Trinajstić information content (AvgIpc) is 3.24. The maximum Gasteiger partial charge on any atom is 0.328 e. The number of nitrogens with two attached hydrogens (primary N) is 2. The van der Waals surface area contributed by atoms with Gasteiger partial charge in [0.05, 0.1) is 17.7 Å². The van der Waals surface area contributed by atoms with E-state index in [2.05, 4.69) is 5.32 Å². The highest BCUT2D eigenvalue weighted by Crippen LogP contribution is 2.35. The smallest absolute Gasteiger partial charge is 0.328 e. The van der Waals surface area contributed by atoms with E-state index in [1.807, 2.05) is 38.1 Å². The lowest BCUT2D eigenvalue weighted by atomic mass is 9.92. The van der Waals surface area contributed by atoms with Crippen LogP contribution in [0.4, 0.5) is 0 Å². The molecular formula is C24H36N4O4S2. The van der Waals surface area contributed by atoms with Gasteiger partial charge in [-0.05, 0) is 29.9 Å². The quantitative estimate of drug-likeness (QED) is 0.428. The summed E-state index contributed by atoms with van der Waals surface area (Å²) < 4.78 is 5.23. The standard InChI is InChI=1S/C24H36N4O4S2/c1-14(2)8-19(24(31)32-3)27-22(29)20-9-15-6-4-5-7-16(15)11-28(20)23(30)18(26)13-34-21-10-17(25)12-33-21/h4-7,14,17-21H,8-13,25-26H2,1-3H3,(H,27,29)/t17?,18-,19-,20-,21?/m0/s1. The summed E-state index contributed by atoms with van der Waals surface area (Å²) in [4.78, 5) is 40.7. The van der Waals surface area contributed by atoms with Gasteiger partial charge in [0.2, 0.25) is 11.8 Å². The minimum atomic E-state index is -0.764. The highest BCUT2D eigenvalue weighted by Gasteiger charge is 2.38. The van der Waals surface area contributed by atoms with Gasteiger partial charge in [0.25, 0.3) is 0 Å². The summed E-state index contributed by atoms with van der Waals surface area (Å²) in [5.41, 5.74) is 14.3. The number of esters is 1. The van der Waals surface area contributed by atoms with Crippen LogP contribution in [0.3, 0.4) is 0 Å². The fourth-order valence-electron chi connectivity index (χ4n) is 4.31. The van der Waals surface area contributed by atoms with Gasteiger partial charge in [-0.15, -0.1) is 23.5 Å². The van der Waals surface area contributed by atoms with E-state index in [0.717, 1.165) is 23.3 Å².